The van der Waals surface area contributed by atoms with Crippen molar-refractivity contribution in [2.75, 3.05) is 19.6 Å². The van der Waals surface area contributed by atoms with Crippen molar-refractivity contribution in [2.45, 2.75) is 64.3 Å². The standard InChI is InChI=1S/C13H28N2/c1-2-13-9-8-12-15(13)11-7-5-3-4-6-10-14/h13H,2-12,14H2,1H3. The Morgan fingerprint density at radius 2 is 1.87 bits per heavy atom. The van der Waals surface area contributed by atoms with E-state index in [-0.39, 0.29) is 0 Å². The van der Waals surface area contributed by atoms with Gasteiger partial charge >= 0.3 is 0 Å². The molecule has 1 atom stereocenters. The van der Waals surface area contributed by atoms with Crippen molar-refractivity contribution in [3.8, 4) is 0 Å². The summed E-state index contributed by atoms with van der Waals surface area (Å²) < 4.78 is 0. The van der Waals surface area contributed by atoms with Crippen LogP contribution in [0.2, 0.25) is 0 Å². The summed E-state index contributed by atoms with van der Waals surface area (Å²) in [5, 5.41) is 0. The van der Waals surface area contributed by atoms with E-state index in [0.717, 1.165) is 12.6 Å². The third-order valence-electron chi connectivity index (χ3n) is 3.62. The number of unbranched alkanes of at least 4 members (excludes halogenated alkanes) is 4. The van der Waals surface area contributed by atoms with E-state index in [1.807, 2.05) is 0 Å². The van der Waals surface area contributed by atoms with E-state index in [1.165, 1.54) is 64.5 Å². The van der Waals surface area contributed by atoms with Crippen molar-refractivity contribution in [2.24, 2.45) is 5.73 Å². The lowest BCUT2D eigenvalue weighted by atomic mass is 10.1. The van der Waals surface area contributed by atoms with Crippen LogP contribution in [0, 0.1) is 0 Å². The minimum atomic E-state index is 0.865. The van der Waals surface area contributed by atoms with Crippen LogP contribution >= 0.6 is 0 Å². The van der Waals surface area contributed by atoms with Crippen LogP contribution in [0.4, 0.5) is 0 Å². The SMILES string of the molecule is CCC1CCCN1CCCCCCCN. The first-order valence-corrected chi connectivity index (χ1v) is 6.82. The fourth-order valence-corrected chi connectivity index (χ4v) is 2.64. The topological polar surface area (TPSA) is 29.3 Å². The molecule has 0 amide bonds. The van der Waals surface area contributed by atoms with E-state index < -0.39 is 0 Å². The van der Waals surface area contributed by atoms with E-state index in [9.17, 15) is 0 Å². The van der Waals surface area contributed by atoms with Gasteiger partial charge < -0.3 is 10.6 Å². The van der Waals surface area contributed by atoms with Crippen LogP contribution in [0.3, 0.4) is 0 Å². The van der Waals surface area contributed by atoms with Crippen LogP contribution in [-0.2, 0) is 0 Å². The van der Waals surface area contributed by atoms with Crippen LogP contribution in [-0.4, -0.2) is 30.6 Å². The second-order valence-electron chi connectivity index (χ2n) is 4.80. The number of nitrogens with two attached hydrogens (primary N) is 1. The quantitative estimate of drug-likeness (QED) is 0.627. The normalized spacial score (nSPS) is 22.4. The van der Waals surface area contributed by atoms with Gasteiger partial charge in [-0.15, -0.1) is 0 Å². The van der Waals surface area contributed by atoms with Gasteiger partial charge in [0.1, 0.15) is 0 Å². The monoisotopic (exact) mass is 212 g/mol. The lowest BCUT2D eigenvalue weighted by Gasteiger charge is -2.22. The van der Waals surface area contributed by atoms with Gasteiger partial charge in [-0.05, 0) is 51.7 Å². The maximum absolute atomic E-state index is 5.47. The lowest BCUT2D eigenvalue weighted by Crippen LogP contribution is -2.29. The van der Waals surface area contributed by atoms with Crippen LogP contribution in [0.25, 0.3) is 0 Å². The molecule has 15 heavy (non-hydrogen) atoms. The maximum atomic E-state index is 5.47. The number of rotatable bonds is 8. The van der Waals surface area contributed by atoms with E-state index in [4.69, 9.17) is 5.73 Å². The van der Waals surface area contributed by atoms with Crippen molar-refractivity contribution in [3.05, 3.63) is 0 Å². The average Bonchev–Trinajstić information content (AvgIpc) is 2.70. The van der Waals surface area contributed by atoms with Gasteiger partial charge in [-0.2, -0.15) is 0 Å². The Labute approximate surface area is 95.2 Å². The first kappa shape index (κ1) is 13.0. The van der Waals surface area contributed by atoms with E-state index in [1.54, 1.807) is 0 Å². The Bertz CT molecular complexity index is 147. The summed E-state index contributed by atoms with van der Waals surface area (Å²) in [5.41, 5.74) is 5.47. The lowest BCUT2D eigenvalue weighted by molar-refractivity contribution is 0.242. The molecule has 1 heterocycles. The Kier molecular flexibility index (Phi) is 7.03. The Morgan fingerprint density at radius 1 is 1.13 bits per heavy atom. The molecule has 0 bridgehead atoms. The van der Waals surface area contributed by atoms with Gasteiger partial charge in [0.05, 0.1) is 0 Å². The zero-order valence-corrected chi connectivity index (χ0v) is 10.4. The molecule has 0 radical (unpaired) electrons. The summed E-state index contributed by atoms with van der Waals surface area (Å²) in [6.07, 6.45) is 10.9. The number of nitrogens with zero attached hydrogens (tertiary/aromatic N) is 1. The van der Waals surface area contributed by atoms with Crippen LogP contribution < -0.4 is 5.73 Å². The summed E-state index contributed by atoms with van der Waals surface area (Å²) >= 11 is 0. The zero-order chi connectivity index (χ0) is 10.9. The summed E-state index contributed by atoms with van der Waals surface area (Å²) in [4.78, 5) is 2.70. The molecule has 90 valence electrons. The third kappa shape index (κ3) is 4.98. The summed E-state index contributed by atoms with van der Waals surface area (Å²) in [6, 6.07) is 0.897. The summed E-state index contributed by atoms with van der Waals surface area (Å²) in [5.74, 6) is 0. The Hall–Kier alpha value is -0.0800. The molecule has 0 aliphatic carbocycles. The minimum absolute atomic E-state index is 0.865. The summed E-state index contributed by atoms with van der Waals surface area (Å²) in [6.45, 7) is 5.87. The highest BCUT2D eigenvalue weighted by molar-refractivity contribution is 4.77. The highest BCUT2D eigenvalue weighted by Crippen LogP contribution is 2.20. The first-order chi connectivity index (χ1) is 7.38. The number of likely N-dealkylation sites (tertiary alicyclic amines) is 1. The van der Waals surface area contributed by atoms with E-state index in [2.05, 4.69) is 11.8 Å². The predicted molar refractivity (Wildman–Crippen MR) is 67.0 cm³/mol. The molecule has 1 unspecified atom stereocenters. The number of hydrogen-bond donors (Lipinski definition) is 1. The van der Waals surface area contributed by atoms with Crippen molar-refractivity contribution >= 4 is 0 Å². The van der Waals surface area contributed by atoms with Gasteiger partial charge in [-0.25, -0.2) is 0 Å². The average molecular weight is 212 g/mol. The van der Waals surface area contributed by atoms with Crippen LogP contribution in [0.15, 0.2) is 0 Å². The van der Waals surface area contributed by atoms with Gasteiger partial charge in [0, 0.05) is 6.04 Å². The highest BCUT2D eigenvalue weighted by Gasteiger charge is 2.21. The molecule has 2 heteroatoms. The fourth-order valence-electron chi connectivity index (χ4n) is 2.64. The van der Waals surface area contributed by atoms with Gasteiger partial charge in [0.15, 0.2) is 0 Å². The molecule has 0 aromatic heterocycles. The van der Waals surface area contributed by atoms with Crippen molar-refractivity contribution in [1.29, 1.82) is 0 Å². The van der Waals surface area contributed by atoms with Crippen molar-refractivity contribution < 1.29 is 0 Å². The Morgan fingerprint density at radius 3 is 2.60 bits per heavy atom. The maximum Gasteiger partial charge on any atom is 0.00931 e. The fraction of sp³-hybridized carbons (Fsp3) is 1.00. The highest BCUT2D eigenvalue weighted by atomic mass is 15.2. The molecule has 1 fully saturated rings. The number of hydrogen-bond acceptors (Lipinski definition) is 2. The Balaban J connectivity index is 1.95. The first-order valence-electron chi connectivity index (χ1n) is 6.82. The van der Waals surface area contributed by atoms with Gasteiger partial charge in [0.25, 0.3) is 0 Å². The van der Waals surface area contributed by atoms with Gasteiger partial charge in [-0.3, -0.25) is 0 Å². The molecular weight excluding hydrogens is 184 g/mol. The van der Waals surface area contributed by atoms with Gasteiger partial charge in [-0.1, -0.05) is 26.2 Å². The molecule has 1 aliphatic heterocycles. The molecule has 1 aliphatic rings. The molecule has 1 saturated heterocycles. The minimum Gasteiger partial charge on any atom is -0.330 e. The van der Waals surface area contributed by atoms with Crippen LogP contribution in [0.5, 0.6) is 0 Å². The van der Waals surface area contributed by atoms with Crippen molar-refractivity contribution in [3.63, 3.8) is 0 Å². The molecule has 1 rings (SSSR count). The molecule has 0 aromatic carbocycles. The second-order valence-corrected chi connectivity index (χ2v) is 4.80. The molecule has 2 nitrogen and oxygen atoms in total. The molecular formula is C13H28N2. The smallest absolute Gasteiger partial charge is 0.00931 e. The molecule has 0 saturated carbocycles. The van der Waals surface area contributed by atoms with E-state index in [0.29, 0.717) is 0 Å². The largest absolute Gasteiger partial charge is 0.330 e. The second kappa shape index (κ2) is 8.12. The van der Waals surface area contributed by atoms with E-state index >= 15 is 0 Å². The summed E-state index contributed by atoms with van der Waals surface area (Å²) in [7, 11) is 0. The molecule has 0 spiro atoms. The molecule has 2 N–H and O–H groups in total. The molecule has 0 aromatic rings. The van der Waals surface area contributed by atoms with Crippen LogP contribution in [0.1, 0.15) is 58.3 Å². The van der Waals surface area contributed by atoms with Crippen molar-refractivity contribution in [1.82, 2.24) is 4.90 Å². The zero-order valence-electron chi connectivity index (χ0n) is 10.4. The van der Waals surface area contributed by atoms with Gasteiger partial charge in [0.2, 0.25) is 0 Å². The predicted octanol–water partition coefficient (Wildman–Crippen LogP) is 2.77. The third-order valence-corrected chi connectivity index (χ3v) is 3.62.